The van der Waals surface area contributed by atoms with Gasteiger partial charge in [0.15, 0.2) is 0 Å². The Morgan fingerprint density at radius 1 is 0.672 bits per heavy atom. The van der Waals surface area contributed by atoms with Gasteiger partial charge in [0.2, 0.25) is 11.8 Å². The molecule has 0 spiro atoms. The minimum atomic E-state index is -0.603. The SMILES string of the molecule is COC(=O)N[C@H](C(=O)N1CCC[C@H]1c1ncc(-c2ccc3cc(-c4cc5[nH]c([C@@H]6CCCN6C(=O)[C@@H](NC(=O)OC)C6CCC6)nc5cn4)ccc3c2)[nH]1)C1CCC1. The van der Waals surface area contributed by atoms with Crippen LogP contribution in [0.5, 0.6) is 0 Å². The molecule has 58 heavy (non-hydrogen) atoms. The van der Waals surface area contributed by atoms with Gasteiger partial charge in [-0.05, 0) is 92.2 Å². The molecule has 2 aliphatic heterocycles. The summed E-state index contributed by atoms with van der Waals surface area (Å²) in [6, 6.07) is 13.0. The van der Waals surface area contributed by atoms with E-state index in [2.05, 4.69) is 57.0 Å². The smallest absolute Gasteiger partial charge is 0.407 e. The fourth-order valence-corrected chi connectivity index (χ4v) is 9.14. The predicted molar refractivity (Wildman–Crippen MR) is 215 cm³/mol. The largest absolute Gasteiger partial charge is 0.453 e. The number of hydrogen-bond acceptors (Lipinski definition) is 9. The van der Waals surface area contributed by atoms with Crippen LogP contribution < -0.4 is 10.6 Å². The highest BCUT2D eigenvalue weighted by molar-refractivity contribution is 5.91. The first kappa shape index (κ1) is 37.6. The van der Waals surface area contributed by atoms with E-state index in [0.29, 0.717) is 13.1 Å². The van der Waals surface area contributed by atoms with E-state index in [-0.39, 0.29) is 35.7 Å². The number of benzene rings is 2. The van der Waals surface area contributed by atoms with Crippen LogP contribution in [0.25, 0.3) is 44.3 Å². The monoisotopic (exact) mass is 787 g/mol. The summed E-state index contributed by atoms with van der Waals surface area (Å²) in [7, 11) is 2.63. The minimum Gasteiger partial charge on any atom is -0.453 e. The lowest BCUT2D eigenvalue weighted by Crippen LogP contribution is -2.53. The molecule has 4 atom stereocenters. The first-order valence-corrected chi connectivity index (χ1v) is 20.5. The Morgan fingerprint density at radius 2 is 1.24 bits per heavy atom. The van der Waals surface area contributed by atoms with Crippen molar-refractivity contribution in [1.82, 2.24) is 45.4 Å². The van der Waals surface area contributed by atoms with Crippen LogP contribution in [-0.2, 0) is 19.1 Å². The molecule has 0 bridgehead atoms. The van der Waals surface area contributed by atoms with Crippen molar-refractivity contribution < 1.29 is 28.7 Å². The number of fused-ring (bicyclic) bond motifs is 2. The molecule has 3 aromatic heterocycles. The number of methoxy groups -OCH3 is 2. The highest BCUT2D eigenvalue weighted by Gasteiger charge is 2.43. The van der Waals surface area contributed by atoms with Crippen molar-refractivity contribution in [3.63, 3.8) is 0 Å². The number of rotatable bonds is 10. The van der Waals surface area contributed by atoms with E-state index in [1.54, 1.807) is 6.20 Å². The number of ether oxygens (including phenoxy) is 2. The van der Waals surface area contributed by atoms with Crippen LogP contribution in [-0.4, -0.2) is 98.1 Å². The standard InChI is InChI=1S/C43H49N9O6/c1-57-42(55)49-36(24-7-3-8-24)40(53)51-17-5-11-34(51)38-45-22-32(47-38)29-16-14-26-19-28(15-13-27(26)20-29)30-21-31-33(23-44-30)48-39(46-31)35-12-6-18-52(35)41(54)37(25-9-4-10-25)50-43(56)58-2/h13-16,19-25,34-37H,3-12,17-18H2,1-2H3,(H,45,47)(H,46,48)(H,49,55)(H,50,56)/t34-,35-,36-,37-/m0/s1. The van der Waals surface area contributed by atoms with Crippen LogP contribution >= 0.6 is 0 Å². The van der Waals surface area contributed by atoms with Gasteiger partial charge in [0.25, 0.3) is 0 Å². The maximum Gasteiger partial charge on any atom is 0.407 e. The maximum atomic E-state index is 13.8. The van der Waals surface area contributed by atoms with Gasteiger partial charge in [0, 0.05) is 24.2 Å². The van der Waals surface area contributed by atoms with E-state index in [0.717, 1.165) is 120 Å². The summed E-state index contributed by atoms with van der Waals surface area (Å²) in [5.74, 6) is 1.54. The van der Waals surface area contributed by atoms with Crippen molar-refractivity contribution in [3.05, 3.63) is 66.5 Å². The van der Waals surface area contributed by atoms with Gasteiger partial charge in [0.1, 0.15) is 29.2 Å². The molecule has 4 aliphatic rings. The molecule has 2 saturated heterocycles. The second kappa shape index (κ2) is 15.7. The van der Waals surface area contributed by atoms with E-state index >= 15 is 0 Å². The zero-order chi connectivity index (χ0) is 39.9. The highest BCUT2D eigenvalue weighted by atomic mass is 16.5. The van der Waals surface area contributed by atoms with E-state index < -0.39 is 24.3 Å². The van der Waals surface area contributed by atoms with Crippen molar-refractivity contribution in [3.8, 4) is 22.5 Å². The van der Waals surface area contributed by atoms with Gasteiger partial charge in [-0.25, -0.2) is 19.6 Å². The van der Waals surface area contributed by atoms with Crippen molar-refractivity contribution in [2.45, 2.75) is 88.4 Å². The Kier molecular flexibility index (Phi) is 10.2. The molecule has 0 unspecified atom stereocenters. The van der Waals surface area contributed by atoms with Crippen LogP contribution in [0.15, 0.2) is 54.9 Å². The molecule has 2 saturated carbocycles. The summed E-state index contributed by atoms with van der Waals surface area (Å²) in [6.45, 7) is 1.22. The number of imidazole rings is 2. The van der Waals surface area contributed by atoms with E-state index in [9.17, 15) is 19.2 Å². The second-order valence-corrected chi connectivity index (χ2v) is 16.2. The number of carbonyl (C=O) groups is 4. The number of pyridine rings is 1. The molecule has 4 N–H and O–H groups in total. The topological polar surface area (TPSA) is 188 Å². The Labute approximate surface area is 335 Å². The van der Waals surface area contributed by atoms with E-state index in [1.165, 1.54) is 14.2 Å². The summed E-state index contributed by atoms with van der Waals surface area (Å²) < 4.78 is 9.67. The number of likely N-dealkylation sites (tertiary alicyclic amines) is 2. The van der Waals surface area contributed by atoms with Crippen LogP contribution in [0, 0.1) is 11.8 Å². The van der Waals surface area contributed by atoms with Gasteiger partial charge >= 0.3 is 12.2 Å². The van der Waals surface area contributed by atoms with Crippen LogP contribution in [0.2, 0.25) is 0 Å². The number of nitrogens with zero attached hydrogens (tertiary/aromatic N) is 5. The lowest BCUT2D eigenvalue weighted by atomic mass is 9.79. The first-order chi connectivity index (χ1) is 28.3. The molecular weight excluding hydrogens is 739 g/mol. The van der Waals surface area contributed by atoms with Crippen LogP contribution in [0.4, 0.5) is 9.59 Å². The minimum absolute atomic E-state index is 0.0744. The number of carbonyl (C=O) groups excluding carboxylic acids is 4. The molecule has 5 heterocycles. The average molecular weight is 788 g/mol. The molecule has 15 heteroatoms. The van der Waals surface area contributed by atoms with Gasteiger partial charge < -0.3 is 39.9 Å². The zero-order valence-corrected chi connectivity index (χ0v) is 32.8. The molecule has 15 nitrogen and oxygen atoms in total. The average Bonchev–Trinajstić information content (AvgIpc) is 4.04. The summed E-state index contributed by atoms with van der Waals surface area (Å²) >= 11 is 0. The van der Waals surface area contributed by atoms with E-state index in [4.69, 9.17) is 24.4 Å². The molecule has 302 valence electrons. The van der Waals surface area contributed by atoms with Crippen molar-refractivity contribution in [2.75, 3.05) is 27.3 Å². The maximum absolute atomic E-state index is 13.8. The Hall–Kier alpha value is -5.99. The molecule has 0 radical (unpaired) electrons. The first-order valence-electron chi connectivity index (χ1n) is 20.5. The van der Waals surface area contributed by atoms with Gasteiger partial charge in [0.05, 0.1) is 55.6 Å². The number of amides is 4. The van der Waals surface area contributed by atoms with Crippen molar-refractivity contribution in [1.29, 1.82) is 0 Å². The third-order valence-corrected chi connectivity index (χ3v) is 12.8. The zero-order valence-electron chi connectivity index (χ0n) is 32.8. The summed E-state index contributed by atoms with van der Waals surface area (Å²) in [6.07, 6.45) is 11.5. The normalized spacial score (nSPS) is 20.7. The van der Waals surface area contributed by atoms with Crippen LogP contribution in [0.1, 0.15) is 87.9 Å². The fraction of sp³-hybridized carbons (Fsp3) is 0.465. The molecule has 2 aromatic carbocycles. The number of hydrogen-bond donors (Lipinski definition) is 4. The van der Waals surface area contributed by atoms with Gasteiger partial charge in [-0.1, -0.05) is 37.1 Å². The number of nitrogens with one attached hydrogen (secondary N) is 4. The Bertz CT molecular complexity index is 2370. The molecule has 4 fully saturated rings. The summed E-state index contributed by atoms with van der Waals surface area (Å²) in [4.78, 5) is 76.9. The third kappa shape index (κ3) is 7.11. The lowest BCUT2D eigenvalue weighted by molar-refractivity contribution is -0.137. The lowest BCUT2D eigenvalue weighted by Gasteiger charge is -2.36. The van der Waals surface area contributed by atoms with Crippen molar-refractivity contribution in [2.24, 2.45) is 11.8 Å². The molecule has 5 aromatic rings. The van der Waals surface area contributed by atoms with Gasteiger partial charge in [-0.2, -0.15) is 0 Å². The van der Waals surface area contributed by atoms with Crippen molar-refractivity contribution >= 4 is 45.8 Å². The fourth-order valence-electron chi connectivity index (χ4n) is 9.14. The van der Waals surface area contributed by atoms with E-state index in [1.807, 2.05) is 22.1 Å². The number of aromatic nitrogens is 5. The second-order valence-electron chi connectivity index (χ2n) is 16.2. The number of H-pyrrole nitrogens is 2. The quantitative estimate of drug-likeness (QED) is 0.122. The summed E-state index contributed by atoms with van der Waals surface area (Å²) in [5, 5.41) is 7.72. The van der Waals surface area contributed by atoms with Crippen LogP contribution in [0.3, 0.4) is 0 Å². The number of alkyl carbamates (subject to hydrolysis) is 2. The molecular formula is C43H49N9O6. The molecule has 2 aliphatic carbocycles. The summed E-state index contributed by atoms with van der Waals surface area (Å²) in [5.41, 5.74) is 5.19. The Balaban J connectivity index is 0.903. The predicted octanol–water partition coefficient (Wildman–Crippen LogP) is 6.54. The third-order valence-electron chi connectivity index (χ3n) is 12.8. The Morgan fingerprint density at radius 3 is 1.81 bits per heavy atom. The number of aromatic amines is 2. The molecule has 9 rings (SSSR count). The highest BCUT2D eigenvalue weighted by Crippen LogP contribution is 2.38. The van der Waals surface area contributed by atoms with Gasteiger partial charge in [-0.3, -0.25) is 14.6 Å². The molecule has 4 amide bonds. The van der Waals surface area contributed by atoms with Gasteiger partial charge in [-0.15, -0.1) is 0 Å².